The van der Waals surface area contributed by atoms with Crippen molar-refractivity contribution in [1.82, 2.24) is 49.8 Å². The summed E-state index contributed by atoms with van der Waals surface area (Å²) in [5.74, 6) is 0. The average molecular weight is 1330 g/mol. The molecule has 0 spiro atoms. The minimum atomic E-state index is 0.918. The van der Waals surface area contributed by atoms with Gasteiger partial charge in [0.25, 0.3) is 0 Å². The van der Waals surface area contributed by atoms with Gasteiger partial charge in [0.05, 0.1) is 83.8 Å². The van der Waals surface area contributed by atoms with Crippen LogP contribution in [0.2, 0.25) is 0 Å². The molecule has 21 rings (SSSR count). The van der Waals surface area contributed by atoms with Gasteiger partial charge in [0, 0.05) is 118 Å². The molecule has 10 heteroatoms. The van der Waals surface area contributed by atoms with Crippen LogP contribution >= 0.6 is 0 Å². The van der Waals surface area contributed by atoms with E-state index in [1.54, 1.807) is 0 Å². The highest BCUT2D eigenvalue weighted by Gasteiger charge is 2.16. The SMILES string of the molecule is c1ccc2c(-c3ccc4ccc(-c5ccc6nc(-c7ccc(-c8ccc9ccc%10cccnc%10c9n8)cc7)ccc6c5)cc4n3)cncc2c1.c1cnc2c(c1)ccc1ccc(-c3ccc4cc(-c5ccc6cc(-c7ccc8ccc(-c9ccnc%10ccccc9%10)nc8c7)ccc6n5)ccc4c3)nc12. The highest BCUT2D eigenvalue weighted by atomic mass is 14.8. The zero-order valence-corrected chi connectivity index (χ0v) is 55.8. The van der Waals surface area contributed by atoms with Crippen LogP contribution in [0.15, 0.2) is 340 Å². The summed E-state index contributed by atoms with van der Waals surface area (Å²) < 4.78 is 0. The Morgan fingerprint density at radius 1 is 0.173 bits per heavy atom. The Morgan fingerprint density at radius 3 is 1.14 bits per heavy atom. The minimum Gasteiger partial charge on any atom is -0.263 e. The molecule has 0 bridgehead atoms. The number of benzene rings is 11. The molecule has 10 nitrogen and oxygen atoms in total. The maximum Gasteiger partial charge on any atom is 0.0972 e. The molecule has 0 saturated carbocycles. The largest absolute Gasteiger partial charge is 0.263 e. The Morgan fingerprint density at radius 2 is 0.558 bits per heavy atom. The molecule has 10 aromatic heterocycles. The van der Waals surface area contributed by atoms with Crippen molar-refractivity contribution in [3.05, 3.63) is 340 Å². The lowest BCUT2D eigenvalue weighted by atomic mass is 9.99. The summed E-state index contributed by atoms with van der Waals surface area (Å²) >= 11 is 0. The number of hydrogen-bond donors (Lipinski definition) is 0. The first-order chi connectivity index (χ1) is 51.4. The van der Waals surface area contributed by atoms with Crippen LogP contribution in [0.5, 0.6) is 0 Å². The summed E-state index contributed by atoms with van der Waals surface area (Å²) in [5, 5.41) is 14.4. The van der Waals surface area contributed by atoms with Crippen LogP contribution in [0, 0.1) is 0 Å². The van der Waals surface area contributed by atoms with Gasteiger partial charge >= 0.3 is 0 Å². The van der Waals surface area contributed by atoms with Crippen LogP contribution in [0.25, 0.3) is 209 Å². The van der Waals surface area contributed by atoms with Crippen LogP contribution in [-0.4, -0.2) is 49.8 Å². The van der Waals surface area contributed by atoms with Crippen molar-refractivity contribution in [1.29, 1.82) is 0 Å². The fourth-order valence-corrected chi connectivity index (χ4v) is 14.6. The molecule has 0 N–H and O–H groups in total. The summed E-state index contributed by atoms with van der Waals surface area (Å²) in [4.78, 5) is 48.6. The van der Waals surface area contributed by atoms with Crippen LogP contribution in [0.4, 0.5) is 0 Å². The number of nitrogens with zero attached hydrogens (tertiary/aromatic N) is 10. The third-order valence-corrected chi connectivity index (χ3v) is 20.1. The lowest BCUT2D eigenvalue weighted by molar-refractivity contribution is 1.33. The van der Waals surface area contributed by atoms with Crippen molar-refractivity contribution in [2.45, 2.75) is 0 Å². The van der Waals surface area contributed by atoms with Gasteiger partial charge in [-0.2, -0.15) is 0 Å². The minimum absolute atomic E-state index is 0.918. The predicted octanol–water partition coefficient (Wildman–Crippen LogP) is 23.3. The van der Waals surface area contributed by atoms with Crippen molar-refractivity contribution in [2.75, 3.05) is 0 Å². The summed E-state index contributed by atoms with van der Waals surface area (Å²) in [6.45, 7) is 0. The maximum atomic E-state index is 5.11. The second kappa shape index (κ2) is 24.9. The average Bonchev–Trinajstić information content (AvgIpc) is 0.786. The van der Waals surface area contributed by atoms with Gasteiger partial charge in [-0.25, -0.2) is 29.9 Å². The molecule has 0 fully saturated rings. The van der Waals surface area contributed by atoms with E-state index in [1.165, 1.54) is 0 Å². The zero-order valence-electron chi connectivity index (χ0n) is 55.8. The molecule has 21 aromatic rings. The van der Waals surface area contributed by atoms with E-state index in [4.69, 9.17) is 29.9 Å². The second-order valence-electron chi connectivity index (χ2n) is 26.4. The Balaban J connectivity index is 0.000000139. The molecule has 104 heavy (non-hydrogen) atoms. The van der Waals surface area contributed by atoms with Crippen molar-refractivity contribution >= 4 is 120 Å². The molecule has 0 amide bonds. The summed E-state index contributed by atoms with van der Waals surface area (Å²) in [5.41, 5.74) is 25.0. The summed E-state index contributed by atoms with van der Waals surface area (Å²) in [6, 6.07) is 108. The standard InChI is InChI=1S/C49H29N5.C45H27N5/c1-2-6-45-40(5-1)41(23-25-50-45)46-22-15-30-7-10-36(29-47(30)53-46)35-17-20-42-39(28-35)18-21-43(52-42)37-13-11-34-27-38(14-12-33(34)26-37)44-19-16-32-9-8-31-4-3-24-51-48(31)49(32)54-44;1-2-6-37-36(4-1)26-46-27-38(37)42-22-15-30-11-14-34(25-43(30)49-42)33-17-20-41-35(24-33)18-21-39(48-41)28-7-9-29(10-8-28)40-19-16-32-13-12-31-5-3-23-47-44(31)45(32)50-40/h1-29H;1-27H. The maximum absolute atomic E-state index is 5.11. The van der Waals surface area contributed by atoms with Crippen LogP contribution in [0.3, 0.4) is 0 Å². The molecule has 482 valence electrons. The van der Waals surface area contributed by atoms with Gasteiger partial charge in [0.2, 0.25) is 0 Å². The number of aromatic nitrogens is 10. The second-order valence-corrected chi connectivity index (χ2v) is 26.4. The molecular formula is C94H56N10. The van der Waals surface area contributed by atoms with Gasteiger partial charge < -0.3 is 0 Å². The van der Waals surface area contributed by atoms with E-state index in [1.807, 2.05) is 73.4 Å². The smallest absolute Gasteiger partial charge is 0.0972 e. The first-order valence-corrected chi connectivity index (χ1v) is 34.7. The van der Waals surface area contributed by atoms with E-state index in [0.717, 1.165) is 209 Å². The summed E-state index contributed by atoms with van der Waals surface area (Å²) in [7, 11) is 0. The molecule has 0 aliphatic rings. The number of hydrogen-bond acceptors (Lipinski definition) is 10. The van der Waals surface area contributed by atoms with Crippen LogP contribution < -0.4 is 0 Å². The predicted molar refractivity (Wildman–Crippen MR) is 427 cm³/mol. The molecule has 0 saturated heterocycles. The van der Waals surface area contributed by atoms with Gasteiger partial charge in [-0.1, -0.05) is 200 Å². The molecule has 10 heterocycles. The van der Waals surface area contributed by atoms with Gasteiger partial charge in [0.1, 0.15) is 0 Å². The monoisotopic (exact) mass is 1320 g/mol. The van der Waals surface area contributed by atoms with E-state index in [0.29, 0.717) is 0 Å². The molecule has 11 aromatic carbocycles. The van der Waals surface area contributed by atoms with Crippen molar-refractivity contribution < 1.29 is 0 Å². The molecular weight excluding hydrogens is 1270 g/mol. The van der Waals surface area contributed by atoms with Crippen LogP contribution in [0.1, 0.15) is 0 Å². The normalized spacial score (nSPS) is 11.7. The lowest BCUT2D eigenvalue weighted by Crippen LogP contribution is -1.90. The number of rotatable bonds is 8. The van der Waals surface area contributed by atoms with Gasteiger partial charge in [-0.3, -0.25) is 19.9 Å². The number of para-hydroxylation sites is 1. The fourth-order valence-electron chi connectivity index (χ4n) is 14.6. The number of pyridine rings is 10. The fraction of sp³-hybridized carbons (Fsp3) is 0. The Kier molecular flexibility index (Phi) is 14.3. The molecule has 0 unspecified atom stereocenters. The third-order valence-electron chi connectivity index (χ3n) is 20.1. The molecule has 0 radical (unpaired) electrons. The first-order valence-electron chi connectivity index (χ1n) is 34.7. The highest BCUT2D eigenvalue weighted by Crippen LogP contribution is 2.37. The first kappa shape index (κ1) is 59.8. The van der Waals surface area contributed by atoms with Crippen molar-refractivity contribution in [3.63, 3.8) is 0 Å². The topological polar surface area (TPSA) is 129 Å². The molecule has 0 aliphatic carbocycles. The van der Waals surface area contributed by atoms with Crippen LogP contribution in [-0.2, 0) is 0 Å². The van der Waals surface area contributed by atoms with Gasteiger partial charge in [-0.05, 0) is 148 Å². The Bertz CT molecular complexity index is 7070. The van der Waals surface area contributed by atoms with E-state index in [-0.39, 0.29) is 0 Å². The van der Waals surface area contributed by atoms with Gasteiger partial charge in [0.15, 0.2) is 0 Å². The third kappa shape index (κ3) is 10.9. The number of fused-ring (bicyclic) bond motifs is 13. The zero-order chi connectivity index (χ0) is 68.6. The van der Waals surface area contributed by atoms with E-state index < -0.39 is 0 Å². The van der Waals surface area contributed by atoms with E-state index in [9.17, 15) is 0 Å². The quantitative estimate of drug-likeness (QED) is 0.136. The summed E-state index contributed by atoms with van der Waals surface area (Å²) in [6.07, 6.45) is 9.31. The highest BCUT2D eigenvalue weighted by molar-refractivity contribution is 6.06. The Hall–Kier alpha value is -14.2. The lowest BCUT2D eigenvalue weighted by Gasteiger charge is -2.10. The van der Waals surface area contributed by atoms with E-state index >= 15 is 0 Å². The van der Waals surface area contributed by atoms with Gasteiger partial charge in [-0.15, -0.1) is 0 Å². The molecule has 0 aliphatic heterocycles. The molecule has 0 atom stereocenters. The van der Waals surface area contributed by atoms with Crippen molar-refractivity contribution in [3.8, 4) is 89.8 Å². The van der Waals surface area contributed by atoms with E-state index in [2.05, 4.69) is 287 Å². The Labute approximate surface area is 596 Å². The van der Waals surface area contributed by atoms with Crippen molar-refractivity contribution in [2.24, 2.45) is 0 Å².